The van der Waals surface area contributed by atoms with Gasteiger partial charge in [0.25, 0.3) is 0 Å². The van der Waals surface area contributed by atoms with Crippen LogP contribution in [0.4, 0.5) is 0 Å². The van der Waals surface area contributed by atoms with Gasteiger partial charge in [-0.05, 0) is 24.0 Å². The predicted molar refractivity (Wildman–Crippen MR) is 62.3 cm³/mol. The average Bonchev–Trinajstić information content (AvgIpc) is 2.75. The Hall–Kier alpha value is -2.04. The zero-order valence-corrected chi connectivity index (χ0v) is 9.87. The Bertz CT molecular complexity index is 628. The lowest BCUT2D eigenvalue weighted by Crippen LogP contribution is -2.24. The second-order valence-electron chi connectivity index (χ2n) is 5.14. The number of esters is 1. The summed E-state index contributed by atoms with van der Waals surface area (Å²) < 4.78 is 4.69. The number of H-pyrrole nitrogens is 1. The van der Waals surface area contributed by atoms with Crippen LogP contribution in [0, 0.1) is 5.92 Å². The summed E-state index contributed by atoms with van der Waals surface area (Å²) in [5.41, 5.74) is 2.84. The minimum Gasteiger partial charge on any atom is -0.464 e. The van der Waals surface area contributed by atoms with Crippen molar-refractivity contribution in [3.8, 4) is 0 Å². The summed E-state index contributed by atoms with van der Waals surface area (Å²) in [4.78, 5) is 26.5. The molecule has 0 unspecified atom stereocenters. The lowest BCUT2D eigenvalue weighted by molar-refractivity contribution is 0.0595. The summed E-state index contributed by atoms with van der Waals surface area (Å²) in [5, 5.41) is 3.28. The number of hydrogen-bond donors (Lipinski definition) is 2. The zero-order valence-electron chi connectivity index (χ0n) is 9.87. The van der Waals surface area contributed by atoms with E-state index in [0.717, 1.165) is 24.2 Å². The molecule has 1 saturated carbocycles. The fourth-order valence-electron chi connectivity index (χ4n) is 3.38. The normalized spacial score (nSPS) is 30.8. The fourth-order valence-corrected chi connectivity index (χ4v) is 3.38. The molecule has 5 nitrogen and oxygen atoms in total. The lowest BCUT2D eigenvalue weighted by atomic mass is 9.86. The van der Waals surface area contributed by atoms with E-state index in [0.29, 0.717) is 17.3 Å². The SMILES string of the molecule is COC(=O)c1cc2c([nH]1)C(=O)C=C1NC[C@H]3C[C@]123. The smallest absolute Gasteiger partial charge is 0.354 e. The quantitative estimate of drug-likeness (QED) is 0.715. The van der Waals surface area contributed by atoms with Crippen LogP contribution in [0.3, 0.4) is 0 Å². The number of methoxy groups -OCH3 is 1. The van der Waals surface area contributed by atoms with Gasteiger partial charge in [-0.15, -0.1) is 0 Å². The Morgan fingerprint density at radius 2 is 2.39 bits per heavy atom. The minimum atomic E-state index is -0.432. The van der Waals surface area contributed by atoms with E-state index >= 15 is 0 Å². The van der Waals surface area contributed by atoms with Crippen LogP contribution in [-0.4, -0.2) is 30.4 Å². The summed E-state index contributed by atoms with van der Waals surface area (Å²) in [6.07, 6.45) is 2.72. The van der Waals surface area contributed by atoms with Crippen molar-refractivity contribution in [1.29, 1.82) is 0 Å². The first-order valence-electron chi connectivity index (χ1n) is 5.99. The van der Waals surface area contributed by atoms with Crippen LogP contribution in [0.5, 0.6) is 0 Å². The van der Waals surface area contributed by atoms with Crippen molar-refractivity contribution in [1.82, 2.24) is 10.3 Å². The first-order chi connectivity index (χ1) is 8.66. The van der Waals surface area contributed by atoms with Gasteiger partial charge in [-0.1, -0.05) is 0 Å². The Kier molecular flexibility index (Phi) is 1.58. The maximum atomic E-state index is 12.0. The molecule has 5 heteroatoms. The van der Waals surface area contributed by atoms with Crippen molar-refractivity contribution in [2.24, 2.45) is 5.92 Å². The number of rotatable bonds is 1. The predicted octanol–water partition coefficient (Wildman–Crippen LogP) is 0.742. The summed E-state index contributed by atoms with van der Waals surface area (Å²) >= 11 is 0. The van der Waals surface area contributed by atoms with E-state index in [1.807, 2.05) is 0 Å². The number of ketones is 1. The molecule has 0 bridgehead atoms. The highest BCUT2D eigenvalue weighted by Gasteiger charge is 2.64. The van der Waals surface area contributed by atoms with Crippen LogP contribution >= 0.6 is 0 Å². The van der Waals surface area contributed by atoms with Crippen LogP contribution in [0.1, 0.15) is 33.0 Å². The number of carbonyl (C=O) groups excluding carboxylic acids is 2. The number of aromatic amines is 1. The fraction of sp³-hybridized carbons (Fsp3) is 0.385. The zero-order chi connectivity index (χ0) is 12.5. The topological polar surface area (TPSA) is 71.2 Å². The first-order valence-corrected chi connectivity index (χ1v) is 5.99. The third kappa shape index (κ3) is 0.939. The van der Waals surface area contributed by atoms with Crippen LogP contribution < -0.4 is 5.32 Å². The molecule has 2 heterocycles. The molecule has 2 atom stereocenters. The Labute approximate surface area is 103 Å². The molecule has 1 saturated heterocycles. The summed E-state index contributed by atoms with van der Waals surface area (Å²) in [6, 6.07) is 1.78. The van der Waals surface area contributed by atoms with Gasteiger partial charge in [-0.3, -0.25) is 4.79 Å². The van der Waals surface area contributed by atoms with Crippen LogP contribution in [0.15, 0.2) is 17.8 Å². The summed E-state index contributed by atoms with van der Waals surface area (Å²) in [5.74, 6) is 0.0519. The van der Waals surface area contributed by atoms with E-state index in [-0.39, 0.29) is 11.2 Å². The number of piperidine rings is 1. The van der Waals surface area contributed by atoms with E-state index < -0.39 is 5.97 Å². The molecule has 92 valence electrons. The molecule has 0 amide bonds. The number of nitrogens with one attached hydrogen (secondary N) is 2. The molecule has 1 spiro atoms. The van der Waals surface area contributed by atoms with E-state index in [2.05, 4.69) is 10.3 Å². The van der Waals surface area contributed by atoms with Gasteiger partial charge in [0.1, 0.15) is 5.69 Å². The second kappa shape index (κ2) is 2.85. The van der Waals surface area contributed by atoms with Crippen molar-refractivity contribution in [2.45, 2.75) is 11.8 Å². The molecule has 2 N–H and O–H groups in total. The van der Waals surface area contributed by atoms with Crippen molar-refractivity contribution in [3.05, 3.63) is 34.8 Å². The molecule has 0 radical (unpaired) electrons. The molecule has 1 aliphatic heterocycles. The summed E-state index contributed by atoms with van der Waals surface area (Å²) in [7, 11) is 1.34. The maximum absolute atomic E-state index is 12.0. The Morgan fingerprint density at radius 3 is 3.11 bits per heavy atom. The average molecular weight is 244 g/mol. The van der Waals surface area contributed by atoms with Gasteiger partial charge >= 0.3 is 5.97 Å². The van der Waals surface area contributed by atoms with E-state index in [1.54, 1.807) is 12.1 Å². The molecule has 0 aromatic carbocycles. The molecular weight excluding hydrogens is 232 g/mol. The number of hydrogen-bond acceptors (Lipinski definition) is 4. The van der Waals surface area contributed by atoms with Crippen LogP contribution in [-0.2, 0) is 10.2 Å². The number of aromatic nitrogens is 1. The van der Waals surface area contributed by atoms with Gasteiger partial charge in [0, 0.05) is 23.7 Å². The summed E-state index contributed by atoms with van der Waals surface area (Å²) in [6.45, 7) is 0.914. The largest absolute Gasteiger partial charge is 0.464 e. The highest BCUT2D eigenvalue weighted by Crippen LogP contribution is 2.63. The van der Waals surface area contributed by atoms with Gasteiger partial charge in [0.15, 0.2) is 0 Å². The molecule has 2 aliphatic carbocycles. The highest BCUT2D eigenvalue weighted by molar-refractivity contribution is 6.08. The standard InChI is InChI=1S/C13H12N2O3/c1-18-12(17)8-2-7-11(15-8)9(16)3-10-13(7)4-6(13)5-14-10/h2-3,6,14-15H,4-5H2,1H3/t6-,13-/m1/s1. The number of allylic oxidation sites excluding steroid dienone is 2. The van der Waals surface area contributed by atoms with E-state index in [1.165, 1.54) is 7.11 Å². The molecule has 4 rings (SSSR count). The lowest BCUT2D eigenvalue weighted by Gasteiger charge is -2.20. The second-order valence-corrected chi connectivity index (χ2v) is 5.14. The molecule has 2 fully saturated rings. The highest BCUT2D eigenvalue weighted by atomic mass is 16.5. The third-order valence-electron chi connectivity index (χ3n) is 4.35. The van der Waals surface area contributed by atoms with Gasteiger partial charge in [-0.2, -0.15) is 0 Å². The Morgan fingerprint density at radius 1 is 1.56 bits per heavy atom. The first kappa shape index (κ1) is 9.94. The minimum absolute atomic E-state index is 0.0357. The Balaban J connectivity index is 1.90. The van der Waals surface area contributed by atoms with E-state index in [4.69, 9.17) is 4.74 Å². The third-order valence-corrected chi connectivity index (χ3v) is 4.35. The molecule has 1 aromatic rings. The molecular formula is C13H12N2O3. The maximum Gasteiger partial charge on any atom is 0.354 e. The number of carbonyl (C=O) groups is 2. The van der Waals surface area contributed by atoms with Crippen molar-refractivity contribution >= 4 is 11.8 Å². The van der Waals surface area contributed by atoms with Crippen LogP contribution in [0.25, 0.3) is 0 Å². The van der Waals surface area contributed by atoms with Crippen molar-refractivity contribution in [3.63, 3.8) is 0 Å². The number of fused-ring (bicyclic) bond motifs is 1. The van der Waals surface area contributed by atoms with Crippen LogP contribution in [0.2, 0.25) is 0 Å². The van der Waals surface area contributed by atoms with Gasteiger partial charge in [-0.25, -0.2) is 4.79 Å². The monoisotopic (exact) mass is 244 g/mol. The van der Waals surface area contributed by atoms with Gasteiger partial charge in [0.05, 0.1) is 12.8 Å². The van der Waals surface area contributed by atoms with Gasteiger partial charge < -0.3 is 15.0 Å². The van der Waals surface area contributed by atoms with Crippen molar-refractivity contribution in [2.75, 3.05) is 13.7 Å². The number of ether oxygens (including phenoxy) is 1. The van der Waals surface area contributed by atoms with Gasteiger partial charge in [0.2, 0.25) is 5.78 Å². The molecule has 18 heavy (non-hydrogen) atoms. The van der Waals surface area contributed by atoms with Crippen molar-refractivity contribution < 1.29 is 14.3 Å². The molecule has 1 aromatic heterocycles. The van der Waals surface area contributed by atoms with E-state index in [9.17, 15) is 9.59 Å². The molecule has 3 aliphatic rings.